The number of amides is 1. The summed E-state index contributed by atoms with van der Waals surface area (Å²) in [5.74, 6) is 0.768. The number of sulfonamides is 1. The molecule has 0 bridgehead atoms. The van der Waals surface area contributed by atoms with Crippen molar-refractivity contribution in [1.82, 2.24) is 0 Å². The van der Waals surface area contributed by atoms with Crippen LogP contribution in [0.4, 0.5) is 11.4 Å². The second-order valence-corrected chi connectivity index (χ2v) is 7.46. The monoisotopic (exact) mass is 394 g/mol. The molecule has 0 atom stereocenters. The minimum atomic E-state index is -3.72. The van der Waals surface area contributed by atoms with E-state index in [0.717, 1.165) is 10.6 Å². The number of nitrogens with one attached hydrogen (secondary N) is 1. The largest absolute Gasteiger partial charge is 0.495 e. The van der Waals surface area contributed by atoms with Crippen LogP contribution in [0.5, 0.6) is 17.2 Å². The van der Waals surface area contributed by atoms with Gasteiger partial charge in [0.15, 0.2) is 11.5 Å². The molecule has 0 fully saturated rings. The van der Waals surface area contributed by atoms with Crippen LogP contribution >= 0.6 is 0 Å². The molecular formula is C18H22N2O6S. The number of anilines is 2. The third-order valence-electron chi connectivity index (χ3n) is 3.72. The van der Waals surface area contributed by atoms with Gasteiger partial charge < -0.3 is 19.5 Å². The summed E-state index contributed by atoms with van der Waals surface area (Å²) in [4.78, 5) is 12.5. The zero-order chi connectivity index (χ0) is 20.0. The molecule has 9 heteroatoms. The summed E-state index contributed by atoms with van der Waals surface area (Å²) in [5.41, 5.74) is 0.732. The van der Waals surface area contributed by atoms with Gasteiger partial charge >= 0.3 is 0 Å². The van der Waals surface area contributed by atoms with Crippen molar-refractivity contribution < 1.29 is 27.4 Å². The van der Waals surface area contributed by atoms with Crippen LogP contribution in [0.3, 0.4) is 0 Å². The molecule has 0 aliphatic carbocycles. The third kappa shape index (κ3) is 5.04. The molecule has 0 radical (unpaired) electrons. The van der Waals surface area contributed by atoms with Crippen LogP contribution in [0.15, 0.2) is 42.5 Å². The zero-order valence-corrected chi connectivity index (χ0v) is 16.4. The Hall–Kier alpha value is -2.94. The molecule has 0 saturated heterocycles. The summed E-state index contributed by atoms with van der Waals surface area (Å²) in [6, 6.07) is 11.5. The van der Waals surface area contributed by atoms with Gasteiger partial charge in [0.25, 0.3) is 0 Å². The van der Waals surface area contributed by atoms with Crippen LogP contribution in [0.2, 0.25) is 0 Å². The number of nitrogens with zero attached hydrogens (tertiary/aromatic N) is 1. The first kappa shape index (κ1) is 20.4. The van der Waals surface area contributed by atoms with Crippen molar-refractivity contribution in [2.45, 2.75) is 0 Å². The summed E-state index contributed by atoms with van der Waals surface area (Å²) in [7, 11) is 0.687. The van der Waals surface area contributed by atoms with E-state index in [2.05, 4.69) is 5.32 Å². The molecule has 0 aliphatic heterocycles. The molecule has 0 heterocycles. The second kappa shape index (κ2) is 8.63. The van der Waals surface area contributed by atoms with Crippen molar-refractivity contribution in [2.75, 3.05) is 43.8 Å². The number of hydrogen-bond donors (Lipinski definition) is 1. The predicted molar refractivity (Wildman–Crippen MR) is 103 cm³/mol. The Labute approximate surface area is 158 Å². The maximum absolute atomic E-state index is 12.5. The van der Waals surface area contributed by atoms with Crippen molar-refractivity contribution in [1.29, 1.82) is 0 Å². The quantitative estimate of drug-likeness (QED) is 0.737. The van der Waals surface area contributed by atoms with Gasteiger partial charge in [-0.15, -0.1) is 0 Å². The fourth-order valence-electron chi connectivity index (χ4n) is 2.45. The van der Waals surface area contributed by atoms with Crippen LogP contribution in [0.25, 0.3) is 0 Å². The number of carbonyl (C=O) groups is 1. The van der Waals surface area contributed by atoms with Crippen molar-refractivity contribution in [2.24, 2.45) is 0 Å². The Morgan fingerprint density at radius 1 is 0.963 bits per heavy atom. The molecule has 0 aromatic heterocycles. The molecule has 0 spiro atoms. The molecule has 27 heavy (non-hydrogen) atoms. The van der Waals surface area contributed by atoms with Gasteiger partial charge in [-0.05, 0) is 24.3 Å². The van der Waals surface area contributed by atoms with Crippen LogP contribution in [-0.2, 0) is 14.8 Å². The van der Waals surface area contributed by atoms with Crippen molar-refractivity contribution in [3.8, 4) is 17.2 Å². The molecule has 2 aromatic rings. The Balaban J connectivity index is 2.29. The first-order valence-electron chi connectivity index (χ1n) is 7.92. The molecule has 2 aromatic carbocycles. The van der Waals surface area contributed by atoms with Gasteiger partial charge in [-0.3, -0.25) is 9.10 Å². The SMILES string of the molecule is COc1ccccc1NC(=O)CN(c1ccc(OC)c(OC)c1)S(C)(=O)=O. The highest BCUT2D eigenvalue weighted by Gasteiger charge is 2.22. The molecular weight excluding hydrogens is 372 g/mol. The Bertz CT molecular complexity index is 914. The van der Waals surface area contributed by atoms with Gasteiger partial charge in [-0.1, -0.05) is 12.1 Å². The molecule has 146 valence electrons. The topological polar surface area (TPSA) is 94.2 Å². The van der Waals surface area contributed by atoms with E-state index in [4.69, 9.17) is 14.2 Å². The van der Waals surface area contributed by atoms with E-state index in [1.165, 1.54) is 27.4 Å². The Kier molecular flexibility index (Phi) is 6.51. The van der Waals surface area contributed by atoms with E-state index in [1.807, 2.05) is 0 Å². The highest BCUT2D eigenvalue weighted by molar-refractivity contribution is 7.92. The molecule has 1 amide bonds. The third-order valence-corrected chi connectivity index (χ3v) is 4.86. The molecule has 1 N–H and O–H groups in total. The number of rotatable bonds is 8. The van der Waals surface area contributed by atoms with Crippen molar-refractivity contribution in [3.63, 3.8) is 0 Å². The Morgan fingerprint density at radius 3 is 2.19 bits per heavy atom. The molecule has 8 nitrogen and oxygen atoms in total. The average Bonchev–Trinajstić information content (AvgIpc) is 2.65. The normalized spacial score (nSPS) is 10.8. The van der Waals surface area contributed by atoms with E-state index in [1.54, 1.807) is 36.4 Å². The van der Waals surface area contributed by atoms with Crippen molar-refractivity contribution >= 4 is 27.3 Å². The van der Waals surface area contributed by atoms with E-state index in [-0.39, 0.29) is 5.69 Å². The fourth-order valence-corrected chi connectivity index (χ4v) is 3.30. The molecule has 0 aliphatic rings. The summed E-state index contributed by atoms with van der Waals surface area (Å²) < 4.78 is 41.0. The van der Waals surface area contributed by atoms with Gasteiger partial charge in [-0.2, -0.15) is 0 Å². The standard InChI is InChI=1S/C18H22N2O6S/c1-24-15-8-6-5-7-14(15)19-18(21)12-20(27(4,22)23)13-9-10-16(25-2)17(11-13)26-3/h5-11H,12H2,1-4H3,(H,19,21). The number of para-hydroxylation sites is 2. The summed E-state index contributed by atoms with van der Waals surface area (Å²) in [5, 5.41) is 2.66. The predicted octanol–water partition coefficient (Wildman–Crippen LogP) is 2.12. The van der Waals surface area contributed by atoms with Gasteiger partial charge in [0.1, 0.15) is 12.3 Å². The number of benzene rings is 2. The van der Waals surface area contributed by atoms with Gasteiger partial charge in [0.05, 0.1) is 39.0 Å². The van der Waals surface area contributed by atoms with Gasteiger partial charge in [0.2, 0.25) is 15.9 Å². The van der Waals surface area contributed by atoms with Gasteiger partial charge in [0, 0.05) is 6.07 Å². The second-order valence-electron chi connectivity index (χ2n) is 5.56. The lowest BCUT2D eigenvalue weighted by Gasteiger charge is -2.23. The number of ether oxygens (including phenoxy) is 3. The maximum Gasteiger partial charge on any atom is 0.245 e. The van der Waals surface area contributed by atoms with Crippen LogP contribution in [-0.4, -0.2) is 48.5 Å². The fraction of sp³-hybridized carbons (Fsp3) is 0.278. The maximum atomic E-state index is 12.5. The summed E-state index contributed by atoms with van der Waals surface area (Å²) in [6.07, 6.45) is 1.03. The number of carbonyl (C=O) groups excluding carboxylic acids is 1. The lowest BCUT2D eigenvalue weighted by molar-refractivity contribution is -0.114. The first-order valence-corrected chi connectivity index (χ1v) is 9.77. The van der Waals surface area contributed by atoms with Gasteiger partial charge in [-0.25, -0.2) is 8.42 Å². The number of methoxy groups -OCH3 is 3. The lowest BCUT2D eigenvalue weighted by atomic mass is 10.2. The van der Waals surface area contributed by atoms with E-state index in [9.17, 15) is 13.2 Å². The smallest absolute Gasteiger partial charge is 0.245 e. The lowest BCUT2D eigenvalue weighted by Crippen LogP contribution is -2.37. The highest BCUT2D eigenvalue weighted by atomic mass is 32.2. The zero-order valence-electron chi connectivity index (χ0n) is 15.6. The molecule has 0 saturated carbocycles. The first-order chi connectivity index (χ1) is 12.8. The average molecular weight is 394 g/mol. The van der Waals surface area contributed by atoms with E-state index in [0.29, 0.717) is 22.9 Å². The van der Waals surface area contributed by atoms with Crippen LogP contribution in [0.1, 0.15) is 0 Å². The molecule has 0 unspecified atom stereocenters. The van der Waals surface area contributed by atoms with E-state index < -0.39 is 22.5 Å². The highest BCUT2D eigenvalue weighted by Crippen LogP contribution is 2.32. The summed E-state index contributed by atoms with van der Waals surface area (Å²) >= 11 is 0. The number of hydrogen-bond acceptors (Lipinski definition) is 6. The Morgan fingerprint density at radius 2 is 1.59 bits per heavy atom. The molecule has 2 rings (SSSR count). The van der Waals surface area contributed by atoms with E-state index >= 15 is 0 Å². The van der Waals surface area contributed by atoms with Crippen LogP contribution < -0.4 is 23.8 Å². The summed E-state index contributed by atoms with van der Waals surface area (Å²) in [6.45, 7) is -0.410. The minimum Gasteiger partial charge on any atom is -0.495 e. The minimum absolute atomic E-state index is 0.283. The van der Waals surface area contributed by atoms with Crippen LogP contribution in [0, 0.1) is 0 Å². The van der Waals surface area contributed by atoms with Crippen molar-refractivity contribution in [3.05, 3.63) is 42.5 Å².